The minimum Gasteiger partial charge on any atom is -0.324 e. The average Bonchev–Trinajstić information content (AvgIpc) is 2.50. The molecule has 0 saturated carbocycles. The molecule has 2 aromatic rings. The fraction of sp³-hybridized carbons (Fsp3) is 0.188. The van der Waals surface area contributed by atoms with Crippen LogP contribution in [0.3, 0.4) is 0 Å². The van der Waals surface area contributed by atoms with Crippen LogP contribution >= 0.6 is 11.6 Å². The fourth-order valence-electron chi connectivity index (χ4n) is 1.90. The number of anilines is 1. The van der Waals surface area contributed by atoms with E-state index in [1.807, 2.05) is 6.92 Å². The molecule has 8 heteroatoms. The second-order valence-electron chi connectivity index (χ2n) is 5.13. The molecular weight excluding hydrogens is 355 g/mol. The Morgan fingerprint density at radius 2 is 1.83 bits per heavy atom. The van der Waals surface area contributed by atoms with E-state index in [2.05, 4.69) is 10.0 Å². The second kappa shape index (κ2) is 7.74. The normalized spacial score (nSPS) is 11.3. The lowest BCUT2D eigenvalue weighted by molar-refractivity contribution is -0.116. The van der Waals surface area contributed by atoms with E-state index < -0.39 is 21.7 Å². The van der Waals surface area contributed by atoms with Gasteiger partial charge in [-0.1, -0.05) is 29.3 Å². The van der Waals surface area contributed by atoms with Gasteiger partial charge in [-0.15, -0.1) is 0 Å². The maximum Gasteiger partial charge on any atom is 0.240 e. The van der Waals surface area contributed by atoms with Crippen molar-refractivity contribution in [3.63, 3.8) is 0 Å². The number of halogens is 2. The van der Waals surface area contributed by atoms with Crippen molar-refractivity contribution in [2.75, 3.05) is 11.9 Å². The van der Waals surface area contributed by atoms with Gasteiger partial charge < -0.3 is 5.32 Å². The van der Waals surface area contributed by atoms with Crippen LogP contribution in [-0.4, -0.2) is 20.9 Å². The maximum absolute atomic E-state index is 13.6. The van der Waals surface area contributed by atoms with Crippen molar-refractivity contribution in [1.29, 1.82) is 0 Å². The standard InChI is InChI=1S/C16H16ClFN2O3S/c1-11-2-5-13(6-3-11)24(22,23)19-9-8-16(21)20-15-7-4-12(17)10-14(15)18/h2-7,10,19H,8-9H2,1H3,(H,20,21). The molecule has 0 aliphatic rings. The zero-order chi connectivity index (χ0) is 17.7. The van der Waals surface area contributed by atoms with Gasteiger partial charge in [0.15, 0.2) is 0 Å². The molecular formula is C16H16ClFN2O3S. The van der Waals surface area contributed by atoms with Gasteiger partial charge in [-0.3, -0.25) is 4.79 Å². The largest absolute Gasteiger partial charge is 0.324 e. The first-order valence-corrected chi connectivity index (χ1v) is 8.95. The third-order valence-electron chi connectivity index (χ3n) is 3.18. The molecule has 2 rings (SSSR count). The molecule has 0 fully saturated rings. The minimum atomic E-state index is -3.68. The van der Waals surface area contributed by atoms with Gasteiger partial charge >= 0.3 is 0 Å². The molecule has 5 nitrogen and oxygen atoms in total. The molecule has 0 saturated heterocycles. The van der Waals surface area contributed by atoms with Gasteiger partial charge in [0, 0.05) is 18.0 Å². The summed E-state index contributed by atoms with van der Waals surface area (Å²) in [4.78, 5) is 11.9. The summed E-state index contributed by atoms with van der Waals surface area (Å²) in [6.07, 6.45) is -0.132. The molecule has 0 spiro atoms. The van der Waals surface area contributed by atoms with Crippen LogP contribution in [0.15, 0.2) is 47.4 Å². The van der Waals surface area contributed by atoms with Crippen molar-refractivity contribution in [3.8, 4) is 0 Å². The van der Waals surface area contributed by atoms with E-state index in [1.54, 1.807) is 12.1 Å². The molecule has 2 N–H and O–H groups in total. The quantitative estimate of drug-likeness (QED) is 0.820. The number of carbonyl (C=O) groups is 1. The molecule has 0 aliphatic carbocycles. The Morgan fingerprint density at radius 1 is 1.17 bits per heavy atom. The average molecular weight is 371 g/mol. The number of amides is 1. The van der Waals surface area contributed by atoms with Crippen LogP contribution in [0.4, 0.5) is 10.1 Å². The van der Waals surface area contributed by atoms with Crippen molar-refractivity contribution in [2.24, 2.45) is 0 Å². The summed E-state index contributed by atoms with van der Waals surface area (Å²) >= 11 is 5.63. The lowest BCUT2D eigenvalue weighted by Gasteiger charge is -2.08. The molecule has 1 amide bonds. The number of benzene rings is 2. The van der Waals surface area contributed by atoms with Crippen molar-refractivity contribution in [2.45, 2.75) is 18.2 Å². The smallest absolute Gasteiger partial charge is 0.240 e. The van der Waals surface area contributed by atoms with Crippen LogP contribution in [0.5, 0.6) is 0 Å². The molecule has 0 atom stereocenters. The number of aryl methyl sites for hydroxylation is 1. The van der Waals surface area contributed by atoms with Gasteiger partial charge in [0.05, 0.1) is 10.6 Å². The number of nitrogens with one attached hydrogen (secondary N) is 2. The first kappa shape index (κ1) is 18.4. The van der Waals surface area contributed by atoms with E-state index in [0.717, 1.165) is 11.6 Å². The van der Waals surface area contributed by atoms with E-state index in [4.69, 9.17) is 11.6 Å². The fourth-order valence-corrected chi connectivity index (χ4v) is 3.09. The van der Waals surface area contributed by atoms with Crippen LogP contribution in [0, 0.1) is 12.7 Å². The zero-order valence-electron chi connectivity index (χ0n) is 12.8. The van der Waals surface area contributed by atoms with Crippen LogP contribution in [-0.2, 0) is 14.8 Å². The molecule has 0 bridgehead atoms. The van der Waals surface area contributed by atoms with Crippen LogP contribution in [0.1, 0.15) is 12.0 Å². The predicted molar refractivity (Wildman–Crippen MR) is 91.0 cm³/mol. The van der Waals surface area contributed by atoms with Crippen LogP contribution in [0.25, 0.3) is 0 Å². The highest BCUT2D eigenvalue weighted by molar-refractivity contribution is 7.89. The Morgan fingerprint density at radius 3 is 2.46 bits per heavy atom. The Kier molecular flexibility index (Phi) is 5.93. The minimum absolute atomic E-state index is 0.00853. The van der Waals surface area contributed by atoms with Crippen molar-refractivity contribution >= 4 is 33.2 Å². The Labute approximate surface area is 144 Å². The van der Waals surface area contributed by atoms with E-state index in [-0.39, 0.29) is 28.6 Å². The number of carbonyl (C=O) groups excluding carboxylic acids is 1. The molecule has 0 aliphatic heterocycles. The summed E-state index contributed by atoms with van der Waals surface area (Å²) in [5.74, 6) is -1.17. The summed E-state index contributed by atoms with van der Waals surface area (Å²) in [5.41, 5.74) is 0.934. The van der Waals surface area contributed by atoms with Gasteiger partial charge in [-0.2, -0.15) is 0 Å². The second-order valence-corrected chi connectivity index (χ2v) is 7.34. The van der Waals surface area contributed by atoms with E-state index >= 15 is 0 Å². The third-order valence-corrected chi connectivity index (χ3v) is 4.89. The summed E-state index contributed by atoms with van der Waals surface area (Å²) < 4.78 is 40.0. The monoisotopic (exact) mass is 370 g/mol. The summed E-state index contributed by atoms with van der Waals surface area (Å²) in [6.45, 7) is 1.75. The lowest BCUT2D eigenvalue weighted by Crippen LogP contribution is -2.28. The highest BCUT2D eigenvalue weighted by Crippen LogP contribution is 2.19. The summed E-state index contributed by atoms with van der Waals surface area (Å²) in [7, 11) is -3.68. The number of hydrogen-bond donors (Lipinski definition) is 2. The predicted octanol–water partition coefficient (Wildman–Crippen LogP) is 3.09. The highest BCUT2D eigenvalue weighted by Gasteiger charge is 2.14. The topological polar surface area (TPSA) is 75.3 Å². The molecule has 0 radical (unpaired) electrons. The molecule has 128 valence electrons. The molecule has 0 heterocycles. The van der Waals surface area contributed by atoms with E-state index in [9.17, 15) is 17.6 Å². The van der Waals surface area contributed by atoms with Gasteiger partial charge in [0.1, 0.15) is 5.82 Å². The Balaban J connectivity index is 1.89. The molecule has 0 unspecified atom stereocenters. The first-order chi connectivity index (χ1) is 11.3. The molecule has 2 aromatic carbocycles. The van der Waals surface area contributed by atoms with Crippen molar-refractivity contribution in [1.82, 2.24) is 4.72 Å². The maximum atomic E-state index is 13.6. The Bertz CT molecular complexity index is 839. The summed E-state index contributed by atoms with van der Waals surface area (Å²) in [6, 6.07) is 10.2. The van der Waals surface area contributed by atoms with Gasteiger partial charge in [0.25, 0.3) is 0 Å². The van der Waals surface area contributed by atoms with Crippen molar-refractivity contribution in [3.05, 3.63) is 58.9 Å². The van der Waals surface area contributed by atoms with E-state index in [0.29, 0.717) is 0 Å². The van der Waals surface area contributed by atoms with Crippen molar-refractivity contribution < 1.29 is 17.6 Å². The number of hydrogen-bond acceptors (Lipinski definition) is 3. The van der Waals surface area contributed by atoms with Gasteiger partial charge in [-0.25, -0.2) is 17.5 Å². The highest BCUT2D eigenvalue weighted by atomic mass is 35.5. The van der Waals surface area contributed by atoms with Gasteiger partial charge in [0.2, 0.25) is 15.9 Å². The SMILES string of the molecule is Cc1ccc(S(=O)(=O)NCCC(=O)Nc2ccc(Cl)cc2F)cc1. The summed E-state index contributed by atoms with van der Waals surface area (Å²) in [5, 5.41) is 2.58. The number of sulfonamides is 1. The van der Waals surface area contributed by atoms with Crippen LogP contribution in [0.2, 0.25) is 5.02 Å². The van der Waals surface area contributed by atoms with E-state index in [1.165, 1.54) is 24.3 Å². The Hall–Kier alpha value is -1.96. The molecule has 24 heavy (non-hydrogen) atoms. The lowest BCUT2D eigenvalue weighted by atomic mass is 10.2. The van der Waals surface area contributed by atoms with Gasteiger partial charge in [-0.05, 0) is 37.3 Å². The molecule has 0 aromatic heterocycles. The number of rotatable bonds is 6. The third kappa shape index (κ3) is 5.02. The zero-order valence-corrected chi connectivity index (χ0v) is 14.4. The first-order valence-electron chi connectivity index (χ1n) is 7.09. The van der Waals surface area contributed by atoms with Crippen LogP contribution < -0.4 is 10.0 Å².